The summed E-state index contributed by atoms with van der Waals surface area (Å²) < 4.78 is 0.732. The van der Waals surface area contributed by atoms with E-state index in [-0.39, 0.29) is 5.91 Å². The number of rotatable bonds is 2. The molecule has 1 amide bonds. The minimum Gasteiger partial charge on any atom is -0.397 e. The summed E-state index contributed by atoms with van der Waals surface area (Å²) in [6, 6.07) is 10.6. The normalized spacial score (nSPS) is 10.3. The number of halogens is 2. The molecule has 2 aromatic carbocycles. The summed E-state index contributed by atoms with van der Waals surface area (Å²) in [4.78, 5) is 12.2. The zero-order valence-corrected chi connectivity index (χ0v) is 12.5. The van der Waals surface area contributed by atoms with Crippen LogP contribution in [0.15, 0.2) is 40.9 Å². The average molecular weight is 340 g/mol. The summed E-state index contributed by atoms with van der Waals surface area (Å²) in [5, 5.41) is 3.14. The highest BCUT2D eigenvalue weighted by Gasteiger charge is 2.13. The van der Waals surface area contributed by atoms with Crippen molar-refractivity contribution >= 4 is 44.8 Å². The molecule has 0 atom stereocenters. The van der Waals surface area contributed by atoms with Gasteiger partial charge >= 0.3 is 0 Å². The fraction of sp³-hybridized carbons (Fsp3) is 0.0714. The fourth-order valence-electron chi connectivity index (χ4n) is 1.66. The molecule has 0 aliphatic carbocycles. The van der Waals surface area contributed by atoms with Crippen molar-refractivity contribution in [3.8, 4) is 0 Å². The van der Waals surface area contributed by atoms with Gasteiger partial charge in [-0.1, -0.05) is 23.7 Å². The van der Waals surface area contributed by atoms with Gasteiger partial charge in [0.05, 0.1) is 22.0 Å². The molecule has 0 fully saturated rings. The van der Waals surface area contributed by atoms with E-state index in [1.807, 2.05) is 19.1 Å². The summed E-state index contributed by atoms with van der Waals surface area (Å²) in [7, 11) is 0. The van der Waals surface area contributed by atoms with E-state index >= 15 is 0 Å². The third-order valence-electron chi connectivity index (χ3n) is 2.65. The standard InChI is InChI=1S/C14H12BrClN2O/c1-8-5-6-9(10(15)7-8)14(19)18-13-11(16)3-2-4-12(13)17/h2-7H,17H2,1H3,(H,18,19). The van der Waals surface area contributed by atoms with Crippen LogP contribution in [0.2, 0.25) is 5.02 Å². The van der Waals surface area contributed by atoms with Gasteiger partial charge in [0.1, 0.15) is 0 Å². The Kier molecular flexibility index (Phi) is 4.12. The smallest absolute Gasteiger partial charge is 0.256 e. The van der Waals surface area contributed by atoms with Gasteiger partial charge in [-0.15, -0.1) is 0 Å². The highest BCUT2D eigenvalue weighted by atomic mass is 79.9. The maximum atomic E-state index is 12.2. The Bertz CT molecular complexity index is 623. The second-order valence-corrected chi connectivity index (χ2v) is 5.40. The molecule has 0 saturated carbocycles. The van der Waals surface area contributed by atoms with Crippen LogP contribution < -0.4 is 11.1 Å². The number of nitrogen functional groups attached to an aromatic ring is 1. The van der Waals surface area contributed by atoms with Gasteiger partial charge in [-0.05, 0) is 52.7 Å². The molecular formula is C14H12BrClN2O. The Balaban J connectivity index is 2.31. The molecule has 0 saturated heterocycles. The summed E-state index contributed by atoms with van der Waals surface area (Å²) in [5.74, 6) is -0.258. The monoisotopic (exact) mass is 338 g/mol. The van der Waals surface area contributed by atoms with E-state index in [1.165, 1.54) is 0 Å². The quantitative estimate of drug-likeness (QED) is 0.804. The number of anilines is 2. The summed E-state index contributed by atoms with van der Waals surface area (Å²) in [5.41, 5.74) is 8.27. The van der Waals surface area contributed by atoms with Crippen molar-refractivity contribution < 1.29 is 4.79 Å². The maximum Gasteiger partial charge on any atom is 0.256 e. The Hall–Kier alpha value is -1.52. The number of carbonyl (C=O) groups is 1. The lowest BCUT2D eigenvalue weighted by molar-refractivity contribution is 0.102. The number of aryl methyl sites for hydroxylation is 1. The van der Waals surface area contributed by atoms with E-state index in [4.69, 9.17) is 17.3 Å². The first kappa shape index (κ1) is 13.9. The molecule has 3 nitrogen and oxygen atoms in total. The first-order chi connectivity index (χ1) is 8.99. The molecule has 98 valence electrons. The van der Waals surface area contributed by atoms with Crippen LogP contribution >= 0.6 is 27.5 Å². The van der Waals surface area contributed by atoms with Gasteiger partial charge in [-0.2, -0.15) is 0 Å². The maximum absolute atomic E-state index is 12.2. The van der Waals surface area contributed by atoms with Crippen molar-refractivity contribution in [3.05, 3.63) is 57.0 Å². The van der Waals surface area contributed by atoms with Crippen LogP contribution in [0.3, 0.4) is 0 Å². The lowest BCUT2D eigenvalue weighted by Gasteiger charge is -2.11. The SMILES string of the molecule is Cc1ccc(C(=O)Nc2c(N)cccc2Cl)c(Br)c1. The van der Waals surface area contributed by atoms with Crippen LogP contribution in [0.25, 0.3) is 0 Å². The number of nitrogens with two attached hydrogens (primary N) is 1. The van der Waals surface area contributed by atoms with E-state index in [2.05, 4.69) is 21.2 Å². The molecule has 5 heteroatoms. The van der Waals surface area contributed by atoms with Crippen molar-refractivity contribution in [1.29, 1.82) is 0 Å². The lowest BCUT2D eigenvalue weighted by Crippen LogP contribution is -2.14. The number of amides is 1. The molecule has 0 aliphatic heterocycles. The van der Waals surface area contributed by atoms with Gasteiger partial charge in [0.15, 0.2) is 0 Å². The number of nitrogens with one attached hydrogen (secondary N) is 1. The molecule has 0 aromatic heterocycles. The molecule has 0 unspecified atom stereocenters. The van der Waals surface area contributed by atoms with Crippen LogP contribution in [0, 0.1) is 6.92 Å². The van der Waals surface area contributed by atoms with E-state index in [1.54, 1.807) is 24.3 Å². The Morgan fingerprint density at radius 1 is 1.32 bits per heavy atom. The zero-order chi connectivity index (χ0) is 14.0. The fourth-order valence-corrected chi connectivity index (χ4v) is 2.56. The number of benzene rings is 2. The van der Waals surface area contributed by atoms with Crippen LogP contribution in [0.4, 0.5) is 11.4 Å². The van der Waals surface area contributed by atoms with Gasteiger partial charge in [-0.25, -0.2) is 0 Å². The molecule has 3 N–H and O–H groups in total. The Morgan fingerprint density at radius 2 is 2.05 bits per heavy atom. The highest BCUT2D eigenvalue weighted by molar-refractivity contribution is 9.10. The van der Waals surface area contributed by atoms with Gasteiger partial charge in [0, 0.05) is 4.47 Å². The zero-order valence-electron chi connectivity index (χ0n) is 10.2. The third kappa shape index (κ3) is 3.08. The van der Waals surface area contributed by atoms with Crippen molar-refractivity contribution in [3.63, 3.8) is 0 Å². The molecule has 19 heavy (non-hydrogen) atoms. The van der Waals surface area contributed by atoms with Crippen LogP contribution in [-0.4, -0.2) is 5.91 Å². The molecule has 2 rings (SSSR count). The van der Waals surface area contributed by atoms with Crippen molar-refractivity contribution in [2.24, 2.45) is 0 Å². The molecule has 0 bridgehead atoms. The van der Waals surface area contributed by atoms with Gasteiger partial charge in [0.2, 0.25) is 0 Å². The minimum absolute atomic E-state index is 0.258. The molecule has 0 radical (unpaired) electrons. The lowest BCUT2D eigenvalue weighted by atomic mass is 10.1. The van der Waals surface area contributed by atoms with Gasteiger partial charge in [-0.3, -0.25) is 4.79 Å². The van der Waals surface area contributed by atoms with Crippen molar-refractivity contribution in [2.75, 3.05) is 11.1 Å². The summed E-state index contributed by atoms with van der Waals surface area (Å²) in [6.07, 6.45) is 0. The first-order valence-corrected chi connectivity index (χ1v) is 6.77. The Labute approximate surface area is 124 Å². The van der Waals surface area contributed by atoms with Crippen molar-refractivity contribution in [2.45, 2.75) is 6.92 Å². The highest BCUT2D eigenvalue weighted by Crippen LogP contribution is 2.29. The Morgan fingerprint density at radius 3 is 2.68 bits per heavy atom. The second-order valence-electron chi connectivity index (χ2n) is 4.14. The second kappa shape index (κ2) is 5.63. The summed E-state index contributed by atoms with van der Waals surface area (Å²) >= 11 is 9.39. The van der Waals surface area contributed by atoms with Crippen LogP contribution in [0.1, 0.15) is 15.9 Å². The van der Waals surface area contributed by atoms with Crippen LogP contribution in [-0.2, 0) is 0 Å². The minimum atomic E-state index is -0.258. The molecular weight excluding hydrogens is 328 g/mol. The number of hydrogen-bond acceptors (Lipinski definition) is 2. The number of carbonyl (C=O) groups excluding carboxylic acids is 1. The van der Waals surface area contributed by atoms with E-state index in [9.17, 15) is 4.79 Å². The van der Waals surface area contributed by atoms with E-state index in [0.29, 0.717) is 22.0 Å². The first-order valence-electron chi connectivity index (χ1n) is 5.60. The van der Waals surface area contributed by atoms with E-state index < -0.39 is 0 Å². The third-order valence-corrected chi connectivity index (χ3v) is 3.62. The van der Waals surface area contributed by atoms with Crippen molar-refractivity contribution in [1.82, 2.24) is 0 Å². The molecule has 0 heterocycles. The van der Waals surface area contributed by atoms with Gasteiger partial charge in [0.25, 0.3) is 5.91 Å². The molecule has 2 aromatic rings. The predicted molar refractivity (Wildman–Crippen MR) is 82.7 cm³/mol. The molecule has 0 spiro atoms. The van der Waals surface area contributed by atoms with Gasteiger partial charge < -0.3 is 11.1 Å². The topological polar surface area (TPSA) is 55.1 Å². The summed E-state index contributed by atoms with van der Waals surface area (Å²) in [6.45, 7) is 1.96. The average Bonchev–Trinajstić information content (AvgIpc) is 2.33. The molecule has 0 aliphatic rings. The number of para-hydroxylation sites is 1. The largest absolute Gasteiger partial charge is 0.397 e. The van der Waals surface area contributed by atoms with E-state index in [0.717, 1.165) is 10.0 Å². The number of hydrogen-bond donors (Lipinski definition) is 2. The van der Waals surface area contributed by atoms with Crippen LogP contribution in [0.5, 0.6) is 0 Å². The predicted octanol–water partition coefficient (Wildman–Crippen LogP) is 4.25.